The summed E-state index contributed by atoms with van der Waals surface area (Å²) in [7, 11) is 0. The molecular formula is C15H15N. The molecule has 0 fully saturated rings. The van der Waals surface area contributed by atoms with E-state index in [4.69, 9.17) is 0 Å². The zero-order valence-corrected chi connectivity index (χ0v) is 9.62. The van der Waals surface area contributed by atoms with E-state index < -0.39 is 0 Å². The molecule has 0 bridgehead atoms. The molecule has 2 aromatic rings. The van der Waals surface area contributed by atoms with Crippen molar-refractivity contribution in [3.63, 3.8) is 0 Å². The van der Waals surface area contributed by atoms with E-state index in [-0.39, 0.29) is 0 Å². The van der Waals surface area contributed by atoms with Gasteiger partial charge in [-0.25, -0.2) is 0 Å². The van der Waals surface area contributed by atoms with E-state index in [1.807, 2.05) is 0 Å². The summed E-state index contributed by atoms with van der Waals surface area (Å²) in [5, 5.41) is 3.54. The molecule has 80 valence electrons. The van der Waals surface area contributed by atoms with Crippen LogP contribution in [0, 0.1) is 6.92 Å². The van der Waals surface area contributed by atoms with Gasteiger partial charge < -0.3 is 5.32 Å². The van der Waals surface area contributed by atoms with Crippen LogP contribution in [0.4, 0.5) is 11.4 Å². The molecule has 1 N–H and O–H groups in total. The predicted octanol–water partition coefficient (Wildman–Crippen LogP) is 4.20. The lowest BCUT2D eigenvalue weighted by molar-refractivity contribution is 0.909. The van der Waals surface area contributed by atoms with Gasteiger partial charge >= 0.3 is 0 Å². The molecule has 1 aliphatic heterocycles. The lowest BCUT2D eigenvalue weighted by Crippen LogP contribution is -2.11. The summed E-state index contributed by atoms with van der Waals surface area (Å²) in [4.78, 5) is 0. The predicted molar refractivity (Wildman–Crippen MR) is 68.4 cm³/mol. The number of hydrogen-bond acceptors (Lipinski definition) is 1. The Hall–Kier alpha value is -1.76. The van der Waals surface area contributed by atoms with Crippen LogP contribution in [0.2, 0.25) is 0 Å². The number of para-hydroxylation sites is 2. The third kappa shape index (κ3) is 1.25. The van der Waals surface area contributed by atoms with Crippen molar-refractivity contribution in [2.75, 3.05) is 5.32 Å². The third-order valence-electron chi connectivity index (χ3n) is 3.46. The molecule has 1 heterocycles. The van der Waals surface area contributed by atoms with Crippen LogP contribution >= 0.6 is 0 Å². The lowest BCUT2D eigenvalue weighted by Gasteiger charge is -2.28. The Kier molecular flexibility index (Phi) is 2.00. The fourth-order valence-electron chi connectivity index (χ4n) is 2.51. The molecule has 0 amide bonds. The number of hydrogen-bond donors (Lipinski definition) is 1. The first-order valence-electron chi connectivity index (χ1n) is 5.73. The van der Waals surface area contributed by atoms with Gasteiger partial charge in [0.25, 0.3) is 0 Å². The third-order valence-corrected chi connectivity index (χ3v) is 3.46. The molecule has 0 radical (unpaired) electrons. The number of fused-ring (bicyclic) bond motifs is 2. The van der Waals surface area contributed by atoms with Crippen LogP contribution in [-0.4, -0.2) is 0 Å². The van der Waals surface area contributed by atoms with Gasteiger partial charge in [0, 0.05) is 17.3 Å². The molecule has 1 aliphatic rings. The van der Waals surface area contributed by atoms with Crippen molar-refractivity contribution in [3.8, 4) is 0 Å². The van der Waals surface area contributed by atoms with E-state index in [0.717, 1.165) is 0 Å². The van der Waals surface area contributed by atoms with Crippen molar-refractivity contribution in [2.24, 2.45) is 0 Å². The zero-order valence-electron chi connectivity index (χ0n) is 9.62. The minimum atomic E-state index is 0.479. The van der Waals surface area contributed by atoms with Crippen LogP contribution < -0.4 is 5.32 Å². The molecule has 0 aliphatic carbocycles. The van der Waals surface area contributed by atoms with E-state index >= 15 is 0 Å². The van der Waals surface area contributed by atoms with Gasteiger partial charge in [0.2, 0.25) is 0 Å². The smallest absolute Gasteiger partial charge is 0.0452 e. The highest BCUT2D eigenvalue weighted by Gasteiger charge is 2.21. The highest BCUT2D eigenvalue weighted by Crippen LogP contribution is 2.41. The number of benzene rings is 2. The Balaban J connectivity index is 2.22. The van der Waals surface area contributed by atoms with Crippen LogP contribution in [-0.2, 0) is 0 Å². The minimum Gasteiger partial charge on any atom is -0.355 e. The maximum atomic E-state index is 3.54. The van der Waals surface area contributed by atoms with Crippen molar-refractivity contribution < 1.29 is 0 Å². The standard InChI is InChI=1S/C15H15N/c1-10-6-5-8-13-11(2)12-7-3-4-9-14(12)16-15(10)13/h3-9,11,16H,1-2H3/t11-/m1/s1. The minimum absolute atomic E-state index is 0.479. The van der Waals surface area contributed by atoms with Gasteiger partial charge in [0.1, 0.15) is 0 Å². The van der Waals surface area contributed by atoms with Crippen molar-refractivity contribution in [1.82, 2.24) is 0 Å². The van der Waals surface area contributed by atoms with Crippen LogP contribution in [0.3, 0.4) is 0 Å². The summed E-state index contributed by atoms with van der Waals surface area (Å²) < 4.78 is 0. The molecule has 3 rings (SSSR count). The van der Waals surface area contributed by atoms with E-state index in [2.05, 4.69) is 61.6 Å². The lowest BCUT2D eigenvalue weighted by atomic mass is 9.86. The van der Waals surface area contributed by atoms with Crippen molar-refractivity contribution in [3.05, 3.63) is 59.2 Å². The van der Waals surface area contributed by atoms with Crippen molar-refractivity contribution >= 4 is 11.4 Å². The maximum Gasteiger partial charge on any atom is 0.0452 e. The Labute approximate surface area is 96.1 Å². The first kappa shape index (κ1) is 9.46. The number of anilines is 2. The van der Waals surface area contributed by atoms with Gasteiger partial charge in [-0.05, 0) is 29.7 Å². The Morgan fingerprint density at radius 1 is 0.938 bits per heavy atom. The molecule has 0 spiro atoms. The first-order chi connectivity index (χ1) is 7.77. The monoisotopic (exact) mass is 209 g/mol. The number of nitrogens with one attached hydrogen (secondary N) is 1. The molecule has 0 aromatic heterocycles. The zero-order chi connectivity index (χ0) is 11.1. The van der Waals surface area contributed by atoms with Crippen LogP contribution in [0.25, 0.3) is 0 Å². The maximum absolute atomic E-state index is 3.54. The van der Waals surface area contributed by atoms with Gasteiger partial charge in [0.15, 0.2) is 0 Å². The molecule has 2 aromatic carbocycles. The van der Waals surface area contributed by atoms with Gasteiger partial charge in [-0.2, -0.15) is 0 Å². The summed E-state index contributed by atoms with van der Waals surface area (Å²) >= 11 is 0. The Bertz CT molecular complexity index is 543. The molecule has 0 saturated heterocycles. The molecule has 0 saturated carbocycles. The summed E-state index contributed by atoms with van der Waals surface area (Å²) in [6.45, 7) is 4.43. The van der Waals surface area contributed by atoms with E-state index in [9.17, 15) is 0 Å². The largest absolute Gasteiger partial charge is 0.355 e. The highest BCUT2D eigenvalue weighted by atomic mass is 14.9. The number of aryl methyl sites for hydroxylation is 1. The average Bonchev–Trinajstić information content (AvgIpc) is 2.31. The van der Waals surface area contributed by atoms with Gasteiger partial charge in [0.05, 0.1) is 0 Å². The topological polar surface area (TPSA) is 12.0 Å². The second-order valence-corrected chi connectivity index (χ2v) is 4.47. The first-order valence-corrected chi connectivity index (χ1v) is 5.73. The molecular weight excluding hydrogens is 194 g/mol. The van der Waals surface area contributed by atoms with Crippen molar-refractivity contribution in [1.29, 1.82) is 0 Å². The van der Waals surface area contributed by atoms with Crippen LogP contribution in [0.5, 0.6) is 0 Å². The Morgan fingerprint density at radius 3 is 2.56 bits per heavy atom. The van der Waals surface area contributed by atoms with Crippen LogP contribution in [0.15, 0.2) is 42.5 Å². The quantitative estimate of drug-likeness (QED) is 0.685. The summed E-state index contributed by atoms with van der Waals surface area (Å²) in [5.74, 6) is 0.479. The fraction of sp³-hybridized carbons (Fsp3) is 0.200. The average molecular weight is 209 g/mol. The van der Waals surface area contributed by atoms with E-state index in [0.29, 0.717) is 5.92 Å². The molecule has 0 unspecified atom stereocenters. The molecule has 1 nitrogen and oxygen atoms in total. The Morgan fingerprint density at radius 2 is 1.69 bits per heavy atom. The summed E-state index contributed by atoms with van der Waals surface area (Å²) in [5.41, 5.74) is 6.64. The summed E-state index contributed by atoms with van der Waals surface area (Å²) in [6, 6.07) is 15.1. The van der Waals surface area contributed by atoms with Gasteiger partial charge in [-0.1, -0.05) is 43.3 Å². The van der Waals surface area contributed by atoms with Gasteiger partial charge in [-0.15, -0.1) is 0 Å². The van der Waals surface area contributed by atoms with Crippen LogP contribution in [0.1, 0.15) is 29.5 Å². The van der Waals surface area contributed by atoms with Crippen molar-refractivity contribution in [2.45, 2.75) is 19.8 Å². The second kappa shape index (κ2) is 3.38. The van der Waals surface area contributed by atoms with Gasteiger partial charge in [-0.3, -0.25) is 0 Å². The molecule has 1 heteroatoms. The second-order valence-electron chi connectivity index (χ2n) is 4.47. The molecule has 16 heavy (non-hydrogen) atoms. The SMILES string of the molecule is Cc1cccc2c1Nc1ccccc1[C@H]2C. The van der Waals surface area contributed by atoms with E-state index in [1.54, 1.807) is 0 Å². The highest BCUT2D eigenvalue weighted by molar-refractivity contribution is 5.75. The fourth-order valence-corrected chi connectivity index (χ4v) is 2.51. The number of rotatable bonds is 0. The normalized spacial score (nSPS) is 17.2. The molecule has 1 atom stereocenters. The summed E-state index contributed by atoms with van der Waals surface area (Å²) in [6.07, 6.45) is 0. The van der Waals surface area contributed by atoms with E-state index in [1.165, 1.54) is 28.1 Å².